The molecule has 2 heterocycles. The molecule has 0 amide bonds. The monoisotopic (exact) mass is 290 g/mol. The molecule has 1 aromatic heterocycles. The van der Waals surface area contributed by atoms with Crippen LogP contribution >= 0.6 is 0 Å². The molecule has 2 aromatic rings. The Labute approximate surface area is 121 Å². The van der Waals surface area contributed by atoms with Crippen molar-refractivity contribution >= 4 is 5.95 Å². The van der Waals surface area contributed by atoms with Crippen LogP contribution in [0.15, 0.2) is 30.5 Å². The predicted molar refractivity (Wildman–Crippen MR) is 77.1 cm³/mol. The third-order valence-electron chi connectivity index (χ3n) is 3.49. The van der Waals surface area contributed by atoms with E-state index in [1.165, 1.54) is 12.1 Å². The zero-order chi connectivity index (χ0) is 14.7. The van der Waals surface area contributed by atoms with Gasteiger partial charge in [0.2, 0.25) is 5.95 Å². The van der Waals surface area contributed by atoms with Crippen molar-refractivity contribution in [1.82, 2.24) is 15.3 Å². The first kappa shape index (κ1) is 13.9. The molecule has 1 fully saturated rings. The molecule has 0 atom stereocenters. The molecule has 3 rings (SSSR count). The third kappa shape index (κ3) is 3.00. The summed E-state index contributed by atoms with van der Waals surface area (Å²) in [6, 6.07) is 5.69. The second-order valence-electron chi connectivity index (χ2n) is 4.93. The minimum atomic E-state index is -0.875. The number of benzene rings is 1. The van der Waals surface area contributed by atoms with Gasteiger partial charge in [0, 0.05) is 31.4 Å². The van der Waals surface area contributed by atoms with Crippen LogP contribution in [0, 0.1) is 11.6 Å². The van der Waals surface area contributed by atoms with E-state index in [0.717, 1.165) is 38.7 Å². The average Bonchev–Trinajstić information content (AvgIpc) is 2.79. The van der Waals surface area contributed by atoms with Gasteiger partial charge in [0.05, 0.1) is 5.69 Å². The molecule has 6 heteroatoms. The standard InChI is InChI=1S/C15H16F2N4/c16-12-4-1-3-11(14(12)17)13-5-7-19-15(20-13)21-9-2-6-18-8-10-21/h1,3-5,7,18H,2,6,8-10H2. The molecule has 1 aliphatic heterocycles. The van der Waals surface area contributed by atoms with Crippen molar-refractivity contribution < 1.29 is 8.78 Å². The van der Waals surface area contributed by atoms with Crippen molar-refractivity contribution in [2.24, 2.45) is 0 Å². The van der Waals surface area contributed by atoms with Crippen molar-refractivity contribution in [3.63, 3.8) is 0 Å². The van der Waals surface area contributed by atoms with Crippen LogP contribution in [0.3, 0.4) is 0 Å². The van der Waals surface area contributed by atoms with E-state index >= 15 is 0 Å². The number of rotatable bonds is 2. The summed E-state index contributed by atoms with van der Waals surface area (Å²) in [4.78, 5) is 10.7. The second-order valence-corrected chi connectivity index (χ2v) is 4.93. The molecule has 1 aliphatic rings. The molecule has 0 spiro atoms. The lowest BCUT2D eigenvalue weighted by Gasteiger charge is -2.20. The van der Waals surface area contributed by atoms with Crippen molar-refractivity contribution in [3.05, 3.63) is 42.1 Å². The Morgan fingerprint density at radius 3 is 2.90 bits per heavy atom. The van der Waals surface area contributed by atoms with Crippen LogP contribution in [-0.4, -0.2) is 36.1 Å². The molecule has 21 heavy (non-hydrogen) atoms. The molecule has 0 radical (unpaired) electrons. The van der Waals surface area contributed by atoms with Crippen LogP contribution in [-0.2, 0) is 0 Å². The highest BCUT2D eigenvalue weighted by Crippen LogP contribution is 2.23. The summed E-state index contributed by atoms with van der Waals surface area (Å²) in [5.74, 6) is -1.19. The molecule has 0 unspecified atom stereocenters. The molecular weight excluding hydrogens is 274 g/mol. The zero-order valence-electron chi connectivity index (χ0n) is 11.5. The highest BCUT2D eigenvalue weighted by atomic mass is 19.2. The molecule has 1 saturated heterocycles. The summed E-state index contributed by atoms with van der Waals surface area (Å²) in [6.45, 7) is 3.48. The Morgan fingerprint density at radius 1 is 1.10 bits per heavy atom. The number of aromatic nitrogens is 2. The van der Waals surface area contributed by atoms with Gasteiger partial charge in [-0.3, -0.25) is 0 Å². The van der Waals surface area contributed by atoms with Gasteiger partial charge in [0.15, 0.2) is 11.6 Å². The fourth-order valence-electron chi connectivity index (χ4n) is 2.40. The number of anilines is 1. The highest BCUT2D eigenvalue weighted by molar-refractivity contribution is 5.61. The van der Waals surface area contributed by atoms with Crippen LogP contribution < -0.4 is 10.2 Å². The van der Waals surface area contributed by atoms with E-state index in [2.05, 4.69) is 20.2 Å². The van der Waals surface area contributed by atoms with Crippen LogP contribution in [0.25, 0.3) is 11.3 Å². The predicted octanol–water partition coefficient (Wildman–Crippen LogP) is 2.22. The van der Waals surface area contributed by atoms with Crippen molar-refractivity contribution in [3.8, 4) is 11.3 Å². The minimum absolute atomic E-state index is 0.159. The van der Waals surface area contributed by atoms with Gasteiger partial charge in [-0.15, -0.1) is 0 Å². The number of hydrogen-bond donors (Lipinski definition) is 1. The summed E-state index contributed by atoms with van der Waals surface area (Å²) < 4.78 is 27.2. The van der Waals surface area contributed by atoms with E-state index in [-0.39, 0.29) is 5.56 Å². The van der Waals surface area contributed by atoms with Crippen molar-refractivity contribution in [2.75, 3.05) is 31.1 Å². The number of nitrogens with one attached hydrogen (secondary N) is 1. The minimum Gasteiger partial charge on any atom is -0.339 e. The highest BCUT2D eigenvalue weighted by Gasteiger charge is 2.15. The Morgan fingerprint density at radius 2 is 2.00 bits per heavy atom. The molecule has 0 saturated carbocycles. The Bertz CT molecular complexity index is 625. The molecule has 110 valence electrons. The Kier molecular flexibility index (Phi) is 4.06. The number of hydrogen-bond acceptors (Lipinski definition) is 4. The van der Waals surface area contributed by atoms with E-state index in [1.54, 1.807) is 12.3 Å². The van der Waals surface area contributed by atoms with Gasteiger partial charge in [-0.25, -0.2) is 18.7 Å². The van der Waals surface area contributed by atoms with Gasteiger partial charge in [-0.05, 0) is 31.2 Å². The first-order valence-corrected chi connectivity index (χ1v) is 6.99. The van der Waals surface area contributed by atoms with E-state index < -0.39 is 11.6 Å². The SMILES string of the molecule is Fc1cccc(-c2ccnc(N3CCCNCC3)n2)c1F. The second kappa shape index (κ2) is 6.13. The van der Waals surface area contributed by atoms with E-state index in [0.29, 0.717) is 11.6 Å². The summed E-state index contributed by atoms with van der Waals surface area (Å²) in [7, 11) is 0. The van der Waals surface area contributed by atoms with Crippen LogP contribution in [0.5, 0.6) is 0 Å². The summed E-state index contributed by atoms with van der Waals surface area (Å²) in [6.07, 6.45) is 2.59. The topological polar surface area (TPSA) is 41.1 Å². The maximum Gasteiger partial charge on any atom is 0.225 e. The van der Waals surface area contributed by atoms with Gasteiger partial charge in [0.25, 0.3) is 0 Å². The molecular formula is C15H16F2N4. The lowest BCUT2D eigenvalue weighted by molar-refractivity contribution is 0.511. The quantitative estimate of drug-likeness (QED) is 0.921. The van der Waals surface area contributed by atoms with Gasteiger partial charge >= 0.3 is 0 Å². The first-order chi connectivity index (χ1) is 10.3. The first-order valence-electron chi connectivity index (χ1n) is 6.99. The Hall–Kier alpha value is -2.08. The van der Waals surface area contributed by atoms with Gasteiger partial charge in [0.1, 0.15) is 0 Å². The lowest BCUT2D eigenvalue weighted by atomic mass is 10.1. The normalized spacial score (nSPS) is 15.8. The van der Waals surface area contributed by atoms with Crippen LogP contribution in [0.1, 0.15) is 6.42 Å². The number of halogens is 2. The smallest absolute Gasteiger partial charge is 0.225 e. The van der Waals surface area contributed by atoms with E-state index in [1.807, 2.05) is 0 Å². The maximum absolute atomic E-state index is 13.9. The molecule has 1 N–H and O–H groups in total. The fourth-order valence-corrected chi connectivity index (χ4v) is 2.40. The largest absolute Gasteiger partial charge is 0.339 e. The summed E-state index contributed by atoms with van der Waals surface area (Å²) in [5, 5.41) is 3.30. The fraction of sp³-hybridized carbons (Fsp3) is 0.333. The van der Waals surface area contributed by atoms with E-state index in [9.17, 15) is 8.78 Å². The summed E-state index contributed by atoms with van der Waals surface area (Å²) in [5.41, 5.74) is 0.556. The Balaban J connectivity index is 1.94. The van der Waals surface area contributed by atoms with E-state index in [4.69, 9.17) is 0 Å². The zero-order valence-corrected chi connectivity index (χ0v) is 11.5. The third-order valence-corrected chi connectivity index (χ3v) is 3.49. The van der Waals surface area contributed by atoms with Crippen LogP contribution in [0.2, 0.25) is 0 Å². The molecule has 1 aromatic carbocycles. The average molecular weight is 290 g/mol. The number of nitrogens with zero attached hydrogens (tertiary/aromatic N) is 3. The van der Waals surface area contributed by atoms with Gasteiger partial charge in [-0.1, -0.05) is 6.07 Å². The maximum atomic E-state index is 13.9. The summed E-state index contributed by atoms with van der Waals surface area (Å²) >= 11 is 0. The molecule has 0 aliphatic carbocycles. The molecule has 4 nitrogen and oxygen atoms in total. The van der Waals surface area contributed by atoms with Gasteiger partial charge < -0.3 is 10.2 Å². The van der Waals surface area contributed by atoms with Crippen molar-refractivity contribution in [2.45, 2.75) is 6.42 Å². The van der Waals surface area contributed by atoms with Crippen LogP contribution in [0.4, 0.5) is 14.7 Å². The lowest BCUT2D eigenvalue weighted by Crippen LogP contribution is -2.29. The van der Waals surface area contributed by atoms with Crippen molar-refractivity contribution in [1.29, 1.82) is 0 Å². The van der Waals surface area contributed by atoms with Gasteiger partial charge in [-0.2, -0.15) is 0 Å². The molecule has 0 bridgehead atoms.